The fourth-order valence-electron chi connectivity index (χ4n) is 15.1. The van der Waals surface area contributed by atoms with Crippen molar-refractivity contribution in [2.24, 2.45) is 14.1 Å². The molecule has 20 aromatic rings. The van der Waals surface area contributed by atoms with Crippen LogP contribution in [0.1, 0.15) is 112 Å². The van der Waals surface area contributed by atoms with Crippen molar-refractivity contribution in [1.82, 2.24) is 83.9 Å². The first kappa shape index (κ1) is 101. The highest BCUT2D eigenvalue weighted by Gasteiger charge is 2.29. The molecule has 0 spiro atoms. The number of hydrogen-bond acceptors (Lipinski definition) is 32. The molecule has 0 amide bonds. The second kappa shape index (κ2) is 47.4. The highest BCUT2D eigenvalue weighted by Crippen LogP contribution is 2.49. The number of aromatic nitrogens is 17. The van der Waals surface area contributed by atoms with Gasteiger partial charge in [0, 0.05) is 153 Å². The lowest BCUT2D eigenvalue weighted by Crippen LogP contribution is -1.99. The molecule has 0 aliphatic heterocycles. The molecule has 1 unspecified atom stereocenters. The van der Waals surface area contributed by atoms with Gasteiger partial charge in [-0.1, -0.05) is 165 Å². The summed E-state index contributed by atoms with van der Waals surface area (Å²) in [5, 5.41) is 9.82. The first-order chi connectivity index (χ1) is 68.1. The van der Waals surface area contributed by atoms with E-state index in [-0.39, 0.29) is 0 Å². The fraction of sp³-hybridized carbons (Fsp3) is 0.238. The molecule has 20 rings (SSSR count). The van der Waals surface area contributed by atoms with E-state index in [0.29, 0.717) is 74.0 Å². The van der Waals surface area contributed by atoms with E-state index < -0.39 is 54.0 Å². The molecule has 0 aliphatic carbocycles. The Labute approximate surface area is 851 Å². The molecule has 718 valence electrons. The van der Waals surface area contributed by atoms with Crippen LogP contribution in [0.5, 0.6) is 0 Å². The largest absolute Gasteiger partial charge is 0.396 e. The maximum Gasteiger partial charge on any atom is 0.141 e. The summed E-state index contributed by atoms with van der Waals surface area (Å²) in [5.74, 6) is 3.89. The maximum atomic E-state index is 12.9. The Morgan fingerprint density at radius 2 is 0.600 bits per heavy atom. The van der Waals surface area contributed by atoms with Gasteiger partial charge in [0.05, 0.1) is 135 Å². The number of hydrogen-bond donors (Lipinski definition) is 5. The summed E-state index contributed by atoms with van der Waals surface area (Å²) < 4.78 is 71.3. The molecule has 3 aromatic carbocycles. The number of fused-ring (bicyclic) bond motifs is 5. The summed E-state index contributed by atoms with van der Waals surface area (Å²) in [6.07, 6.45) is 31.3. The van der Waals surface area contributed by atoms with Gasteiger partial charge in [-0.05, 0) is 108 Å². The van der Waals surface area contributed by atoms with Gasteiger partial charge in [0.25, 0.3) is 0 Å². The number of thiazole rings is 2. The van der Waals surface area contributed by atoms with Crippen molar-refractivity contribution in [3.05, 3.63) is 225 Å². The topological polar surface area (TPSA) is 419 Å². The van der Waals surface area contributed by atoms with Gasteiger partial charge in [-0.15, -0.1) is 79.4 Å². The van der Waals surface area contributed by atoms with Crippen LogP contribution < -0.4 is 28.7 Å². The molecule has 0 radical (unpaired) electrons. The second-order valence-corrected chi connectivity index (χ2v) is 47.9. The SMILES string of the molecule is CCCCS(=O)c1sc2nc(-c3cnc(CC)nc3)cc(-c3ccccc3)c2c1N.CCCC[S@@](=O)c1sc2nc(-c3ccncn3)cc(-c3ccccc3)c2c1N.CCCC[S@@](=O)c1sc2nc(-c3nccs3)cc(-c3cn(C)cn3)c2c1N.CCCC[S@](=O)c1sc2nc(-c3ccncn3)cc(-c3ccccc3)c2c1N.CCCC[S@](=O)c1sc2nc(-c3nccs3)cc(-c3cn(C)cn3)c2c1N. The third kappa shape index (κ3) is 23.0. The molecule has 0 bridgehead atoms. The predicted octanol–water partition coefficient (Wildman–Crippen LogP) is 23.9. The molecule has 27 nitrogen and oxygen atoms in total. The minimum absolute atomic E-state index is 0.559. The van der Waals surface area contributed by atoms with Gasteiger partial charge in [-0.3, -0.25) is 21.0 Å². The van der Waals surface area contributed by atoms with Crippen LogP contribution >= 0.6 is 79.4 Å². The summed E-state index contributed by atoms with van der Waals surface area (Å²) >= 11 is 10.2. The van der Waals surface area contributed by atoms with E-state index in [4.69, 9.17) is 53.6 Å². The summed E-state index contributed by atoms with van der Waals surface area (Å²) in [6, 6.07) is 43.9. The van der Waals surface area contributed by atoms with Crippen molar-refractivity contribution in [3.8, 4) is 111 Å². The molecular weight excluding hydrogens is 1990 g/mol. The molecule has 0 saturated heterocycles. The monoisotopic (exact) mass is 2090 g/mol. The van der Waals surface area contributed by atoms with Crippen LogP contribution in [0.2, 0.25) is 0 Å². The smallest absolute Gasteiger partial charge is 0.141 e. The van der Waals surface area contributed by atoms with Crippen molar-refractivity contribution in [3.63, 3.8) is 0 Å². The third-order valence-corrected chi connectivity index (χ3v) is 38.9. The fourth-order valence-corrected chi connectivity index (χ4v) is 30.3. The van der Waals surface area contributed by atoms with Gasteiger partial charge in [-0.25, -0.2) is 74.8 Å². The average molecular weight is 2090 g/mol. The van der Waals surface area contributed by atoms with Crippen LogP contribution in [0.3, 0.4) is 0 Å². The lowest BCUT2D eigenvalue weighted by molar-refractivity contribution is 0.680. The summed E-state index contributed by atoms with van der Waals surface area (Å²) in [7, 11) is -1.72. The average Bonchev–Trinajstić information content (AvgIpc) is 1.61. The van der Waals surface area contributed by atoms with Crippen LogP contribution in [-0.2, 0) is 74.5 Å². The Balaban J connectivity index is 0.000000126. The number of rotatable bonds is 31. The predicted molar refractivity (Wildman–Crippen MR) is 586 cm³/mol. The normalized spacial score (nSPS) is 12.5. The first-order valence-corrected chi connectivity index (χ1v) is 57.9. The lowest BCUT2D eigenvalue weighted by atomic mass is 10.0. The van der Waals surface area contributed by atoms with Crippen molar-refractivity contribution in [2.45, 2.75) is 133 Å². The Kier molecular flexibility index (Phi) is 34.2. The Hall–Kier alpha value is -12.1. The highest BCUT2D eigenvalue weighted by molar-refractivity contribution is 7.89. The van der Waals surface area contributed by atoms with Gasteiger partial charge in [0.1, 0.15) is 85.1 Å². The molecule has 39 heteroatoms. The molecular formula is C101H102N22O5S12. The summed E-state index contributed by atoms with van der Waals surface area (Å²) in [5.41, 5.74) is 51.0. The number of nitrogen functional groups attached to an aromatic ring is 5. The standard InChI is InChI=1S/C23H24N4OS2.2C21H20N4OS2.2C18H19N5OS3/c1-3-5-11-30(28)23-21(24)20-17(15-9-7-6-8-10-15)12-18(27-22(20)29-23)16-13-25-19(4-2)26-14-16;2*1-2-3-11-28(26)21-19(22)18-15(14-7-5-4-6-8-14)12-17(25-20(18)27-21)16-9-10-23-13-24-16;2*1-3-4-7-27(24)18-15(19)14-11(13-9-23(2)10-21-13)8-12(22-17(14)26-18)16-20-5-6-25-16/h6-10,12-14H,3-5,11,24H2,1-2H3;2*4-10,12-13H,2-3,11,22H2,1H3;2*5-6,8-10H,3-4,7,19H2,1-2H3/t;2*28-;2*27-/m.1010/s1. The molecule has 0 saturated carbocycles. The van der Waals surface area contributed by atoms with Crippen LogP contribution in [0.4, 0.5) is 28.4 Å². The number of nitrogens with zero attached hydrogens (tertiary/aromatic N) is 17. The molecule has 5 atom stereocenters. The minimum atomic E-state index is -1.12. The van der Waals surface area contributed by atoms with Gasteiger partial charge in [0.15, 0.2) is 0 Å². The van der Waals surface area contributed by atoms with Gasteiger partial charge >= 0.3 is 0 Å². The first-order valence-electron chi connectivity index (χ1n) is 45.5. The zero-order valence-electron chi connectivity index (χ0n) is 78.0. The number of thiophene rings is 5. The molecule has 0 fully saturated rings. The summed E-state index contributed by atoms with van der Waals surface area (Å²) in [4.78, 5) is 71.1. The van der Waals surface area contributed by atoms with Crippen molar-refractivity contribution in [1.29, 1.82) is 0 Å². The number of nitrogens with two attached hydrogens (primary N) is 5. The molecule has 10 N–H and O–H groups in total. The van der Waals surface area contributed by atoms with Gasteiger partial charge in [-0.2, -0.15) is 0 Å². The van der Waals surface area contributed by atoms with Crippen molar-refractivity contribution < 1.29 is 21.0 Å². The number of benzene rings is 3. The van der Waals surface area contributed by atoms with E-state index in [1.54, 1.807) is 37.4 Å². The van der Waals surface area contributed by atoms with Crippen LogP contribution in [0.15, 0.2) is 240 Å². The molecule has 0 aliphatic rings. The maximum absolute atomic E-state index is 12.9. The number of anilines is 5. The molecule has 17 heterocycles. The minimum Gasteiger partial charge on any atom is -0.396 e. The van der Waals surface area contributed by atoms with Crippen LogP contribution in [0.25, 0.3) is 162 Å². The van der Waals surface area contributed by atoms with E-state index >= 15 is 0 Å². The Morgan fingerprint density at radius 1 is 0.307 bits per heavy atom. The zero-order valence-corrected chi connectivity index (χ0v) is 87.8. The number of pyridine rings is 5. The van der Waals surface area contributed by atoms with E-state index in [0.717, 1.165) is 243 Å². The molecule has 17 aromatic heterocycles. The number of imidazole rings is 2. The second-order valence-electron chi connectivity index (χ2n) is 32.3. The van der Waals surface area contributed by atoms with E-state index in [9.17, 15) is 21.0 Å². The lowest BCUT2D eigenvalue weighted by Gasteiger charge is -2.09. The number of unbranched alkanes of at least 4 members (excludes halogenated alkanes) is 5. The van der Waals surface area contributed by atoms with E-state index in [2.05, 4.69) is 96.6 Å². The van der Waals surface area contributed by atoms with E-state index in [1.807, 2.05) is 187 Å². The number of aryl methyl sites for hydroxylation is 3. The molecule has 140 heavy (non-hydrogen) atoms. The van der Waals surface area contributed by atoms with Gasteiger partial charge in [0.2, 0.25) is 0 Å². The third-order valence-electron chi connectivity index (χ3n) is 22.3. The van der Waals surface area contributed by atoms with Crippen molar-refractivity contribution >= 4 is 213 Å². The zero-order chi connectivity index (χ0) is 98.0. The summed E-state index contributed by atoms with van der Waals surface area (Å²) in [6.45, 7) is 12.5. The van der Waals surface area contributed by atoms with Gasteiger partial charge < -0.3 is 37.8 Å². The Bertz CT molecular complexity index is 7430. The quantitative estimate of drug-likeness (QED) is 0.0269. The van der Waals surface area contributed by atoms with Crippen molar-refractivity contribution in [2.75, 3.05) is 57.4 Å². The Morgan fingerprint density at radius 3 is 0.871 bits per heavy atom. The highest BCUT2D eigenvalue weighted by atomic mass is 32.2. The van der Waals surface area contributed by atoms with Crippen LogP contribution in [-0.4, -0.2) is 134 Å². The van der Waals surface area contributed by atoms with E-state index in [1.165, 1.54) is 92.0 Å². The van der Waals surface area contributed by atoms with Crippen LogP contribution in [0, 0.1) is 0 Å².